The van der Waals surface area contributed by atoms with Crippen molar-refractivity contribution in [3.8, 4) is 0 Å². The smallest absolute Gasteiger partial charge is 0.330 e. The third kappa shape index (κ3) is 2.10. The van der Waals surface area contributed by atoms with Crippen LogP contribution in [0.25, 0.3) is 0 Å². The number of Topliss-reactive ketones (excluding diaryl/α,β-unsaturated/α-hetero) is 1. The van der Waals surface area contributed by atoms with Gasteiger partial charge in [-0.05, 0) is 19.8 Å². The molecule has 0 aromatic heterocycles. The van der Waals surface area contributed by atoms with Gasteiger partial charge in [-0.2, -0.15) is 0 Å². The molecular weight excluding hydrogens is 236 g/mol. The quantitative estimate of drug-likeness (QED) is 0.426. The van der Waals surface area contributed by atoms with E-state index in [9.17, 15) is 9.59 Å². The summed E-state index contributed by atoms with van der Waals surface area (Å²) >= 11 is 3.20. The fourth-order valence-corrected chi connectivity index (χ4v) is 2.05. The van der Waals surface area contributed by atoms with Crippen LogP contribution in [0.4, 0.5) is 0 Å². The molecule has 13 heavy (non-hydrogen) atoms. The van der Waals surface area contributed by atoms with Crippen LogP contribution < -0.4 is 0 Å². The van der Waals surface area contributed by atoms with Crippen LogP contribution in [0.1, 0.15) is 32.6 Å². The highest BCUT2D eigenvalue weighted by Crippen LogP contribution is 2.34. The number of carbonyl (C=O) groups excluding carboxylic acids is 2. The predicted molar refractivity (Wildman–Crippen MR) is 51.8 cm³/mol. The van der Waals surface area contributed by atoms with E-state index in [4.69, 9.17) is 4.74 Å². The van der Waals surface area contributed by atoms with Crippen molar-refractivity contribution in [2.45, 2.75) is 36.9 Å². The first kappa shape index (κ1) is 10.7. The Morgan fingerprint density at radius 1 is 1.62 bits per heavy atom. The zero-order valence-electron chi connectivity index (χ0n) is 7.64. The molecule has 1 aliphatic rings. The van der Waals surface area contributed by atoms with E-state index >= 15 is 0 Å². The number of hydrogen-bond donors (Lipinski definition) is 0. The molecule has 4 heteroatoms. The van der Waals surface area contributed by atoms with E-state index in [2.05, 4.69) is 15.9 Å². The summed E-state index contributed by atoms with van der Waals surface area (Å²) in [6, 6.07) is 0. The molecule has 3 nitrogen and oxygen atoms in total. The van der Waals surface area contributed by atoms with E-state index in [1.807, 2.05) is 0 Å². The number of halogens is 1. The monoisotopic (exact) mass is 248 g/mol. The van der Waals surface area contributed by atoms with E-state index in [0.29, 0.717) is 19.4 Å². The van der Waals surface area contributed by atoms with Gasteiger partial charge in [0.05, 0.1) is 6.61 Å². The third-order valence-electron chi connectivity index (χ3n) is 2.22. The van der Waals surface area contributed by atoms with Crippen LogP contribution in [0.15, 0.2) is 0 Å². The van der Waals surface area contributed by atoms with Crippen LogP contribution in [0.3, 0.4) is 0 Å². The van der Waals surface area contributed by atoms with Gasteiger partial charge in [0.15, 0.2) is 10.1 Å². The van der Waals surface area contributed by atoms with Crippen LogP contribution in [0.2, 0.25) is 0 Å². The molecule has 0 radical (unpaired) electrons. The van der Waals surface area contributed by atoms with Crippen LogP contribution in [0, 0.1) is 0 Å². The summed E-state index contributed by atoms with van der Waals surface area (Å²) in [7, 11) is 0. The summed E-state index contributed by atoms with van der Waals surface area (Å²) in [6.45, 7) is 2.06. The average molecular weight is 249 g/mol. The number of ketones is 1. The number of ether oxygens (including phenoxy) is 1. The van der Waals surface area contributed by atoms with Crippen molar-refractivity contribution in [3.05, 3.63) is 0 Å². The predicted octanol–water partition coefficient (Wildman–Crippen LogP) is 1.83. The van der Waals surface area contributed by atoms with Gasteiger partial charge in [-0.1, -0.05) is 22.4 Å². The van der Waals surface area contributed by atoms with Crippen molar-refractivity contribution in [1.29, 1.82) is 0 Å². The summed E-state index contributed by atoms with van der Waals surface area (Å²) in [5.74, 6) is -0.475. The lowest BCUT2D eigenvalue weighted by molar-refractivity contribution is -0.149. The van der Waals surface area contributed by atoms with E-state index < -0.39 is 10.3 Å². The molecule has 1 atom stereocenters. The first-order chi connectivity index (χ1) is 6.11. The second-order valence-electron chi connectivity index (χ2n) is 3.15. The van der Waals surface area contributed by atoms with E-state index in [0.717, 1.165) is 12.8 Å². The van der Waals surface area contributed by atoms with Crippen molar-refractivity contribution < 1.29 is 14.3 Å². The Labute approximate surface area is 86.0 Å². The Morgan fingerprint density at radius 2 is 2.31 bits per heavy atom. The van der Waals surface area contributed by atoms with Gasteiger partial charge in [-0.15, -0.1) is 0 Å². The average Bonchev–Trinajstić information content (AvgIpc) is 2.11. The lowest BCUT2D eigenvalue weighted by atomic mass is 9.88. The lowest BCUT2D eigenvalue weighted by Gasteiger charge is -2.27. The van der Waals surface area contributed by atoms with Gasteiger partial charge < -0.3 is 4.74 Å². The number of rotatable bonds is 2. The third-order valence-corrected chi connectivity index (χ3v) is 3.38. The van der Waals surface area contributed by atoms with Crippen LogP contribution in [0.5, 0.6) is 0 Å². The van der Waals surface area contributed by atoms with Gasteiger partial charge in [0.1, 0.15) is 0 Å². The number of esters is 1. The van der Waals surface area contributed by atoms with Crippen LogP contribution >= 0.6 is 15.9 Å². The highest BCUT2D eigenvalue weighted by atomic mass is 79.9. The maximum Gasteiger partial charge on any atom is 0.330 e. The maximum atomic E-state index is 11.5. The lowest BCUT2D eigenvalue weighted by Crippen LogP contribution is -2.44. The van der Waals surface area contributed by atoms with Gasteiger partial charge in [-0.3, -0.25) is 9.59 Å². The second kappa shape index (κ2) is 4.22. The van der Waals surface area contributed by atoms with Crippen molar-refractivity contribution in [2.75, 3.05) is 6.61 Å². The Balaban J connectivity index is 2.71. The first-order valence-electron chi connectivity index (χ1n) is 4.50. The molecular formula is C9H13BrO3. The highest BCUT2D eigenvalue weighted by molar-refractivity contribution is 9.10. The van der Waals surface area contributed by atoms with Crippen molar-refractivity contribution in [3.63, 3.8) is 0 Å². The molecule has 1 aliphatic carbocycles. The molecule has 1 fully saturated rings. The summed E-state index contributed by atoms with van der Waals surface area (Å²) in [4.78, 5) is 22.9. The Kier molecular flexibility index (Phi) is 3.47. The zero-order chi connectivity index (χ0) is 9.90. The number of alkyl halides is 1. The Bertz CT molecular complexity index is 227. The minimum atomic E-state index is -1.04. The fraction of sp³-hybridized carbons (Fsp3) is 0.778. The van der Waals surface area contributed by atoms with E-state index in [-0.39, 0.29) is 5.78 Å². The second-order valence-corrected chi connectivity index (χ2v) is 4.51. The van der Waals surface area contributed by atoms with Gasteiger partial charge in [0.25, 0.3) is 0 Å². The molecule has 1 saturated carbocycles. The number of hydrogen-bond acceptors (Lipinski definition) is 3. The van der Waals surface area contributed by atoms with E-state index in [1.54, 1.807) is 6.92 Å². The molecule has 0 amide bonds. The molecule has 0 bridgehead atoms. The van der Waals surface area contributed by atoms with Gasteiger partial charge in [0, 0.05) is 6.42 Å². The Morgan fingerprint density at radius 3 is 2.85 bits per heavy atom. The summed E-state index contributed by atoms with van der Waals surface area (Å²) < 4.78 is 3.81. The SMILES string of the molecule is CCOC(=O)C1(Br)CCCCC1=O. The molecule has 0 saturated heterocycles. The summed E-state index contributed by atoms with van der Waals surface area (Å²) in [5.41, 5.74) is 0. The molecule has 0 spiro atoms. The van der Waals surface area contributed by atoms with Crippen molar-refractivity contribution in [2.24, 2.45) is 0 Å². The summed E-state index contributed by atoms with van der Waals surface area (Å²) in [6.07, 6.45) is 2.82. The van der Waals surface area contributed by atoms with Crippen molar-refractivity contribution >= 4 is 27.7 Å². The first-order valence-corrected chi connectivity index (χ1v) is 5.30. The molecule has 0 aromatic carbocycles. The molecule has 0 aliphatic heterocycles. The molecule has 74 valence electrons. The molecule has 0 aromatic rings. The standard InChI is InChI=1S/C9H13BrO3/c1-2-13-8(12)9(10)6-4-3-5-7(9)11/h2-6H2,1H3. The number of carbonyl (C=O) groups is 2. The normalized spacial score (nSPS) is 28.6. The highest BCUT2D eigenvalue weighted by Gasteiger charge is 2.45. The Hall–Kier alpha value is -0.380. The fourth-order valence-electron chi connectivity index (χ4n) is 1.45. The maximum absolute atomic E-state index is 11.5. The molecule has 0 heterocycles. The topological polar surface area (TPSA) is 43.4 Å². The summed E-state index contributed by atoms with van der Waals surface area (Å²) in [5, 5.41) is 0. The minimum absolute atomic E-state index is 0.0443. The van der Waals surface area contributed by atoms with Gasteiger partial charge >= 0.3 is 5.97 Å². The largest absolute Gasteiger partial charge is 0.465 e. The molecule has 1 rings (SSSR count). The van der Waals surface area contributed by atoms with E-state index in [1.165, 1.54) is 0 Å². The minimum Gasteiger partial charge on any atom is -0.465 e. The molecule has 0 N–H and O–H groups in total. The molecule has 1 unspecified atom stereocenters. The van der Waals surface area contributed by atoms with Crippen LogP contribution in [-0.2, 0) is 14.3 Å². The zero-order valence-corrected chi connectivity index (χ0v) is 9.22. The van der Waals surface area contributed by atoms with Gasteiger partial charge in [-0.25, -0.2) is 0 Å². The van der Waals surface area contributed by atoms with Gasteiger partial charge in [0.2, 0.25) is 0 Å². The van der Waals surface area contributed by atoms with Crippen molar-refractivity contribution in [1.82, 2.24) is 0 Å². The van der Waals surface area contributed by atoms with Crippen LogP contribution in [-0.4, -0.2) is 22.7 Å².